The van der Waals surface area contributed by atoms with E-state index in [1.165, 1.54) is 0 Å². The number of pyridine rings is 1. The molecular weight excluding hydrogens is 314 g/mol. The van der Waals surface area contributed by atoms with Crippen molar-refractivity contribution in [1.29, 1.82) is 0 Å². The summed E-state index contributed by atoms with van der Waals surface area (Å²) in [6, 6.07) is 7.83. The Kier molecular flexibility index (Phi) is 3.72. The molecular formula is C19H19N5O. The molecule has 4 aromatic rings. The molecule has 0 saturated heterocycles. The molecule has 4 aromatic heterocycles. The monoisotopic (exact) mass is 333 g/mol. The number of aromatic nitrogens is 4. The zero-order chi connectivity index (χ0) is 17.4. The maximum absolute atomic E-state index is 5.50. The van der Waals surface area contributed by atoms with Gasteiger partial charge in [0.1, 0.15) is 29.4 Å². The summed E-state index contributed by atoms with van der Waals surface area (Å²) in [5.41, 5.74) is 4.33. The van der Waals surface area contributed by atoms with Gasteiger partial charge in [0, 0.05) is 11.9 Å². The Labute approximate surface area is 145 Å². The third-order valence-corrected chi connectivity index (χ3v) is 4.46. The second-order valence-electron chi connectivity index (χ2n) is 6.14. The highest BCUT2D eigenvalue weighted by Gasteiger charge is 2.17. The number of hydrogen-bond donors (Lipinski definition) is 1. The van der Waals surface area contributed by atoms with Crippen molar-refractivity contribution in [1.82, 2.24) is 19.5 Å². The van der Waals surface area contributed by atoms with Crippen molar-refractivity contribution in [3.05, 3.63) is 65.6 Å². The summed E-state index contributed by atoms with van der Waals surface area (Å²) in [6.45, 7) is 6.86. The van der Waals surface area contributed by atoms with Gasteiger partial charge >= 0.3 is 0 Å². The van der Waals surface area contributed by atoms with E-state index < -0.39 is 0 Å². The molecule has 0 aliphatic carbocycles. The predicted molar refractivity (Wildman–Crippen MR) is 97.1 cm³/mol. The molecule has 25 heavy (non-hydrogen) atoms. The van der Waals surface area contributed by atoms with Crippen LogP contribution < -0.4 is 5.32 Å². The number of aryl methyl sites for hydroxylation is 2. The van der Waals surface area contributed by atoms with Crippen molar-refractivity contribution in [3.63, 3.8) is 0 Å². The van der Waals surface area contributed by atoms with Crippen LogP contribution in [-0.4, -0.2) is 19.5 Å². The fourth-order valence-electron chi connectivity index (χ4n) is 3.04. The van der Waals surface area contributed by atoms with E-state index in [2.05, 4.69) is 38.7 Å². The molecule has 0 aliphatic rings. The minimum absolute atomic E-state index is 0.641. The average Bonchev–Trinajstić information content (AvgIpc) is 3.19. The maximum atomic E-state index is 5.50. The van der Waals surface area contributed by atoms with Gasteiger partial charge in [-0.05, 0) is 56.2 Å². The molecule has 0 aromatic carbocycles. The molecule has 0 saturated carbocycles. The summed E-state index contributed by atoms with van der Waals surface area (Å²) in [5, 5.41) is 4.34. The topological polar surface area (TPSA) is 68.8 Å². The van der Waals surface area contributed by atoms with E-state index in [-0.39, 0.29) is 0 Å². The van der Waals surface area contributed by atoms with Crippen molar-refractivity contribution in [2.45, 2.75) is 27.3 Å². The van der Waals surface area contributed by atoms with Gasteiger partial charge in [-0.2, -0.15) is 0 Å². The lowest BCUT2D eigenvalue weighted by Gasteiger charge is -2.08. The molecule has 0 fully saturated rings. The van der Waals surface area contributed by atoms with Crippen LogP contribution in [-0.2, 0) is 6.54 Å². The molecule has 6 heteroatoms. The quantitative estimate of drug-likeness (QED) is 0.608. The third-order valence-electron chi connectivity index (χ3n) is 4.46. The molecule has 0 aliphatic heterocycles. The summed E-state index contributed by atoms with van der Waals surface area (Å²) < 4.78 is 7.65. The number of rotatable bonds is 4. The third kappa shape index (κ3) is 2.76. The Morgan fingerprint density at radius 1 is 1.12 bits per heavy atom. The largest absolute Gasteiger partial charge is 0.467 e. The van der Waals surface area contributed by atoms with Crippen LogP contribution in [0.3, 0.4) is 0 Å². The van der Waals surface area contributed by atoms with E-state index in [4.69, 9.17) is 4.42 Å². The van der Waals surface area contributed by atoms with Gasteiger partial charge < -0.3 is 14.3 Å². The fraction of sp³-hybridized carbons (Fsp3) is 0.211. The smallest absolute Gasteiger partial charge is 0.146 e. The molecule has 126 valence electrons. The lowest BCUT2D eigenvalue weighted by molar-refractivity contribution is 0.494. The summed E-state index contributed by atoms with van der Waals surface area (Å²) in [7, 11) is 0. The van der Waals surface area contributed by atoms with Crippen molar-refractivity contribution < 1.29 is 4.42 Å². The Bertz CT molecular complexity index is 1030. The molecule has 0 spiro atoms. The Morgan fingerprint density at radius 3 is 2.76 bits per heavy atom. The molecule has 0 radical (unpaired) electrons. The Morgan fingerprint density at radius 2 is 2.00 bits per heavy atom. The Balaban J connectivity index is 1.81. The molecule has 0 amide bonds. The summed E-state index contributed by atoms with van der Waals surface area (Å²) in [5.74, 6) is 2.44. The number of nitrogens with zero attached hydrogens (tertiary/aromatic N) is 4. The number of nitrogens with one attached hydrogen (secondary N) is 1. The van der Waals surface area contributed by atoms with E-state index >= 15 is 0 Å². The van der Waals surface area contributed by atoms with Gasteiger partial charge in [-0.15, -0.1) is 0 Å². The van der Waals surface area contributed by atoms with Crippen LogP contribution in [0.1, 0.15) is 22.6 Å². The van der Waals surface area contributed by atoms with Gasteiger partial charge in [-0.25, -0.2) is 15.0 Å². The summed E-state index contributed by atoms with van der Waals surface area (Å²) >= 11 is 0. The highest BCUT2D eigenvalue weighted by Crippen LogP contribution is 2.30. The first-order valence-electron chi connectivity index (χ1n) is 8.16. The van der Waals surface area contributed by atoms with Gasteiger partial charge in [0.15, 0.2) is 0 Å². The van der Waals surface area contributed by atoms with E-state index in [0.29, 0.717) is 6.54 Å². The molecule has 0 atom stereocenters. The maximum Gasteiger partial charge on any atom is 0.146 e. The van der Waals surface area contributed by atoms with E-state index in [9.17, 15) is 0 Å². The fourth-order valence-corrected chi connectivity index (χ4v) is 3.04. The van der Waals surface area contributed by atoms with E-state index in [1.807, 2.05) is 31.2 Å². The van der Waals surface area contributed by atoms with E-state index in [1.54, 1.807) is 18.8 Å². The second kappa shape index (κ2) is 6.05. The lowest BCUT2D eigenvalue weighted by Crippen LogP contribution is -2.03. The van der Waals surface area contributed by atoms with Gasteiger partial charge in [-0.1, -0.05) is 0 Å². The highest BCUT2D eigenvalue weighted by atomic mass is 16.3. The molecule has 4 heterocycles. The van der Waals surface area contributed by atoms with Gasteiger partial charge in [-0.3, -0.25) is 0 Å². The first kappa shape index (κ1) is 15.4. The first-order chi connectivity index (χ1) is 12.1. The van der Waals surface area contributed by atoms with Gasteiger partial charge in [0.05, 0.1) is 18.2 Å². The number of furan rings is 1. The standard InChI is InChI=1S/C19H19N5O/c1-12-6-7-20-16(9-12)23-18-17-13(2)14(3)24(19(17)22-11-21-18)10-15-5-4-8-25-15/h4-9,11H,10H2,1-3H3,(H,20,21,22,23). The molecule has 4 rings (SSSR count). The van der Waals surface area contributed by atoms with Gasteiger partial charge in [0.2, 0.25) is 0 Å². The zero-order valence-corrected chi connectivity index (χ0v) is 14.4. The van der Waals surface area contributed by atoms with Crippen LogP contribution in [0.15, 0.2) is 47.5 Å². The molecule has 0 bridgehead atoms. The predicted octanol–water partition coefficient (Wildman–Crippen LogP) is 4.14. The summed E-state index contributed by atoms with van der Waals surface area (Å²) in [4.78, 5) is 13.3. The normalized spacial score (nSPS) is 11.2. The van der Waals surface area contributed by atoms with Crippen molar-refractivity contribution in [2.24, 2.45) is 0 Å². The second-order valence-corrected chi connectivity index (χ2v) is 6.14. The first-order valence-corrected chi connectivity index (χ1v) is 8.16. The minimum Gasteiger partial charge on any atom is -0.467 e. The van der Waals surface area contributed by atoms with Crippen LogP contribution in [0.25, 0.3) is 11.0 Å². The highest BCUT2D eigenvalue weighted by molar-refractivity contribution is 5.93. The number of anilines is 2. The average molecular weight is 333 g/mol. The van der Waals surface area contributed by atoms with Crippen LogP contribution in [0.2, 0.25) is 0 Å². The van der Waals surface area contributed by atoms with Crippen molar-refractivity contribution >= 4 is 22.7 Å². The SMILES string of the molecule is Cc1ccnc(Nc2ncnc3c2c(C)c(C)n3Cc2ccco2)c1. The molecule has 1 N–H and O–H groups in total. The van der Waals surface area contributed by atoms with Crippen LogP contribution in [0, 0.1) is 20.8 Å². The number of fused-ring (bicyclic) bond motifs is 1. The summed E-state index contributed by atoms with van der Waals surface area (Å²) in [6.07, 6.45) is 5.06. The van der Waals surface area contributed by atoms with Crippen LogP contribution in [0.5, 0.6) is 0 Å². The minimum atomic E-state index is 0.641. The molecule has 0 unspecified atom stereocenters. The van der Waals surface area contributed by atoms with Crippen LogP contribution >= 0.6 is 0 Å². The van der Waals surface area contributed by atoms with E-state index in [0.717, 1.165) is 45.3 Å². The lowest BCUT2D eigenvalue weighted by atomic mass is 10.2. The Hall–Kier alpha value is -3.15. The van der Waals surface area contributed by atoms with Gasteiger partial charge in [0.25, 0.3) is 0 Å². The van der Waals surface area contributed by atoms with Crippen molar-refractivity contribution in [3.8, 4) is 0 Å². The zero-order valence-electron chi connectivity index (χ0n) is 14.4. The molecule has 6 nitrogen and oxygen atoms in total. The number of hydrogen-bond acceptors (Lipinski definition) is 5. The van der Waals surface area contributed by atoms with Crippen molar-refractivity contribution in [2.75, 3.05) is 5.32 Å². The van der Waals surface area contributed by atoms with Crippen LogP contribution in [0.4, 0.5) is 11.6 Å².